The molecule has 0 spiro atoms. The molecule has 0 bridgehead atoms. The van der Waals surface area contributed by atoms with Gasteiger partial charge in [-0.05, 0) is 24.3 Å². The van der Waals surface area contributed by atoms with E-state index < -0.39 is 0 Å². The highest BCUT2D eigenvalue weighted by Crippen LogP contribution is 2.22. The van der Waals surface area contributed by atoms with E-state index in [2.05, 4.69) is 20.5 Å². The number of anilines is 1. The molecule has 0 aliphatic heterocycles. The molecule has 0 saturated heterocycles. The first-order valence-corrected chi connectivity index (χ1v) is 5.98. The van der Waals surface area contributed by atoms with Crippen molar-refractivity contribution >= 4 is 16.9 Å². The molecule has 0 fully saturated rings. The summed E-state index contributed by atoms with van der Waals surface area (Å²) in [6, 6.07) is 9.53. The third-order valence-corrected chi connectivity index (χ3v) is 2.74. The highest BCUT2D eigenvalue weighted by atomic mass is 16.3. The Balaban J connectivity index is 1.88. The van der Waals surface area contributed by atoms with Crippen LogP contribution in [0.15, 0.2) is 41.1 Å². The Morgan fingerprint density at radius 3 is 2.89 bits per heavy atom. The lowest BCUT2D eigenvalue weighted by molar-refractivity contribution is 0.602. The number of benzene rings is 1. The highest BCUT2D eigenvalue weighted by molar-refractivity contribution is 5.78. The third kappa shape index (κ3) is 2.38. The summed E-state index contributed by atoms with van der Waals surface area (Å²) in [5.74, 6) is 0.718. The van der Waals surface area contributed by atoms with Crippen LogP contribution in [0.3, 0.4) is 0 Å². The topological polar surface area (TPSA) is 89.9 Å². The number of nitrogens with two attached hydrogens (primary N) is 1. The van der Waals surface area contributed by atoms with Gasteiger partial charge in [0.15, 0.2) is 12.0 Å². The van der Waals surface area contributed by atoms with Gasteiger partial charge >= 0.3 is 0 Å². The number of rotatable bonds is 4. The van der Waals surface area contributed by atoms with Crippen LogP contribution >= 0.6 is 0 Å². The molecule has 19 heavy (non-hydrogen) atoms. The van der Waals surface area contributed by atoms with E-state index in [4.69, 9.17) is 10.2 Å². The van der Waals surface area contributed by atoms with Crippen molar-refractivity contribution in [2.75, 3.05) is 18.4 Å². The number of aromatic nitrogens is 3. The number of fused-ring (bicyclic) bond motifs is 1. The van der Waals surface area contributed by atoms with Crippen molar-refractivity contribution < 1.29 is 4.42 Å². The van der Waals surface area contributed by atoms with Crippen LogP contribution in [0.5, 0.6) is 0 Å². The standard InChI is InChI=1S/C13H13N5O/c14-5-6-15-13-4-3-10(17-18-13)9-1-2-11-12(7-9)19-8-16-11/h1-4,7-8H,5-6,14H2,(H,15,18). The average molecular weight is 255 g/mol. The van der Waals surface area contributed by atoms with E-state index in [1.165, 1.54) is 6.39 Å². The Bertz CT molecular complexity index is 677. The molecule has 0 atom stereocenters. The summed E-state index contributed by atoms with van der Waals surface area (Å²) in [6.07, 6.45) is 1.43. The van der Waals surface area contributed by atoms with E-state index >= 15 is 0 Å². The van der Waals surface area contributed by atoms with Gasteiger partial charge in [-0.25, -0.2) is 4.98 Å². The number of nitrogens with zero attached hydrogens (tertiary/aromatic N) is 3. The molecule has 0 aliphatic rings. The zero-order chi connectivity index (χ0) is 13.1. The Morgan fingerprint density at radius 2 is 2.11 bits per heavy atom. The highest BCUT2D eigenvalue weighted by Gasteiger charge is 2.04. The molecule has 2 heterocycles. The largest absolute Gasteiger partial charge is 0.443 e. The molecule has 6 heteroatoms. The van der Waals surface area contributed by atoms with E-state index in [0.717, 1.165) is 28.2 Å². The van der Waals surface area contributed by atoms with Gasteiger partial charge < -0.3 is 15.5 Å². The second-order valence-corrected chi connectivity index (χ2v) is 4.05. The predicted octanol–water partition coefficient (Wildman–Crippen LogP) is 1.66. The SMILES string of the molecule is NCCNc1ccc(-c2ccc3ncoc3c2)nn1. The minimum atomic E-state index is 0.561. The molecule has 0 amide bonds. The summed E-state index contributed by atoms with van der Waals surface area (Å²) >= 11 is 0. The Hall–Kier alpha value is -2.47. The molecule has 96 valence electrons. The van der Waals surface area contributed by atoms with Crippen molar-refractivity contribution in [1.29, 1.82) is 0 Å². The molecule has 0 aliphatic carbocycles. The van der Waals surface area contributed by atoms with Crippen molar-refractivity contribution in [3.63, 3.8) is 0 Å². The molecular weight excluding hydrogens is 242 g/mol. The molecule has 2 aromatic heterocycles. The van der Waals surface area contributed by atoms with Gasteiger partial charge in [0.2, 0.25) is 0 Å². The molecule has 3 N–H and O–H groups in total. The van der Waals surface area contributed by atoms with Gasteiger partial charge in [-0.2, -0.15) is 0 Å². The van der Waals surface area contributed by atoms with Crippen LogP contribution in [0.25, 0.3) is 22.4 Å². The van der Waals surface area contributed by atoms with E-state index in [9.17, 15) is 0 Å². The summed E-state index contributed by atoms with van der Waals surface area (Å²) < 4.78 is 5.27. The van der Waals surface area contributed by atoms with Crippen LogP contribution in [0.1, 0.15) is 0 Å². The Morgan fingerprint density at radius 1 is 1.16 bits per heavy atom. The molecule has 3 aromatic rings. The normalized spacial score (nSPS) is 10.8. The van der Waals surface area contributed by atoms with Crippen LogP contribution in [0.2, 0.25) is 0 Å². The monoisotopic (exact) mass is 255 g/mol. The zero-order valence-corrected chi connectivity index (χ0v) is 10.2. The van der Waals surface area contributed by atoms with Gasteiger partial charge in [-0.1, -0.05) is 6.07 Å². The molecule has 0 radical (unpaired) electrons. The maximum atomic E-state index is 5.41. The number of nitrogens with one attached hydrogen (secondary N) is 1. The minimum absolute atomic E-state index is 0.561. The van der Waals surface area contributed by atoms with Gasteiger partial charge in [0.25, 0.3) is 0 Å². The van der Waals surface area contributed by atoms with E-state index in [-0.39, 0.29) is 0 Å². The fourth-order valence-corrected chi connectivity index (χ4v) is 1.80. The predicted molar refractivity (Wildman–Crippen MR) is 72.6 cm³/mol. The van der Waals surface area contributed by atoms with Gasteiger partial charge in [0.1, 0.15) is 11.3 Å². The lowest BCUT2D eigenvalue weighted by atomic mass is 10.1. The van der Waals surface area contributed by atoms with Crippen LogP contribution in [-0.2, 0) is 0 Å². The zero-order valence-electron chi connectivity index (χ0n) is 10.2. The second-order valence-electron chi connectivity index (χ2n) is 4.05. The fourth-order valence-electron chi connectivity index (χ4n) is 1.80. The summed E-state index contributed by atoms with van der Waals surface area (Å²) in [4.78, 5) is 4.08. The maximum absolute atomic E-state index is 5.41. The fraction of sp³-hybridized carbons (Fsp3) is 0.154. The summed E-state index contributed by atoms with van der Waals surface area (Å²) in [5, 5.41) is 11.3. The minimum Gasteiger partial charge on any atom is -0.443 e. The Kier molecular flexibility index (Phi) is 3.07. The molecule has 6 nitrogen and oxygen atoms in total. The lowest BCUT2D eigenvalue weighted by Gasteiger charge is -2.04. The number of hydrogen-bond acceptors (Lipinski definition) is 6. The molecule has 1 aromatic carbocycles. The first-order chi connectivity index (χ1) is 9.36. The summed E-state index contributed by atoms with van der Waals surface area (Å²) in [5.41, 5.74) is 8.72. The third-order valence-electron chi connectivity index (χ3n) is 2.74. The molecule has 0 unspecified atom stereocenters. The first-order valence-electron chi connectivity index (χ1n) is 5.98. The number of oxazole rings is 1. The van der Waals surface area contributed by atoms with Crippen molar-refractivity contribution in [2.24, 2.45) is 5.73 Å². The first kappa shape index (κ1) is 11.6. The Labute approximate surface area is 109 Å². The van der Waals surface area contributed by atoms with Crippen molar-refractivity contribution in [2.45, 2.75) is 0 Å². The number of hydrogen-bond donors (Lipinski definition) is 2. The van der Waals surface area contributed by atoms with E-state index in [1.54, 1.807) is 0 Å². The van der Waals surface area contributed by atoms with Gasteiger partial charge in [-0.3, -0.25) is 0 Å². The van der Waals surface area contributed by atoms with Crippen LogP contribution in [0.4, 0.5) is 5.82 Å². The smallest absolute Gasteiger partial charge is 0.181 e. The quantitative estimate of drug-likeness (QED) is 0.736. The van der Waals surface area contributed by atoms with Crippen LogP contribution < -0.4 is 11.1 Å². The van der Waals surface area contributed by atoms with Gasteiger partial charge in [0, 0.05) is 18.7 Å². The summed E-state index contributed by atoms with van der Waals surface area (Å²) in [6.45, 7) is 1.24. The lowest BCUT2D eigenvalue weighted by Crippen LogP contribution is -2.14. The molecular formula is C13H13N5O. The summed E-state index contributed by atoms with van der Waals surface area (Å²) in [7, 11) is 0. The van der Waals surface area contributed by atoms with Crippen molar-refractivity contribution in [3.05, 3.63) is 36.7 Å². The van der Waals surface area contributed by atoms with E-state index in [1.807, 2.05) is 30.3 Å². The van der Waals surface area contributed by atoms with Gasteiger partial charge in [-0.15, -0.1) is 10.2 Å². The maximum Gasteiger partial charge on any atom is 0.181 e. The van der Waals surface area contributed by atoms with Crippen molar-refractivity contribution in [3.8, 4) is 11.3 Å². The van der Waals surface area contributed by atoms with Gasteiger partial charge in [0.05, 0.1) is 5.69 Å². The van der Waals surface area contributed by atoms with Crippen LogP contribution in [0, 0.1) is 0 Å². The second kappa shape index (κ2) is 5.03. The molecule has 0 saturated carbocycles. The van der Waals surface area contributed by atoms with Crippen LogP contribution in [-0.4, -0.2) is 28.3 Å². The molecule has 3 rings (SSSR count). The average Bonchev–Trinajstić information content (AvgIpc) is 2.93. The van der Waals surface area contributed by atoms with E-state index in [0.29, 0.717) is 13.1 Å². The van der Waals surface area contributed by atoms with Crippen molar-refractivity contribution in [1.82, 2.24) is 15.2 Å².